The Morgan fingerprint density at radius 1 is 1.38 bits per heavy atom. The summed E-state index contributed by atoms with van der Waals surface area (Å²) in [6.45, 7) is 2.15. The molecule has 6 heteroatoms. The predicted octanol–water partition coefficient (Wildman–Crippen LogP) is 4.36. The third kappa shape index (κ3) is 2.61. The van der Waals surface area contributed by atoms with Gasteiger partial charge in [-0.25, -0.2) is 9.79 Å². The highest BCUT2D eigenvalue weighted by Gasteiger charge is 2.27. The molecule has 3 aromatic rings. The number of nitrogens with zero attached hydrogens (tertiary/aromatic N) is 2. The van der Waals surface area contributed by atoms with Gasteiger partial charge in [-0.1, -0.05) is 18.2 Å². The van der Waals surface area contributed by atoms with E-state index in [0.717, 1.165) is 35.7 Å². The highest BCUT2D eigenvalue weighted by molar-refractivity contribution is 7.16. The molecule has 1 aliphatic rings. The maximum atomic E-state index is 12.4. The number of carbonyl (C=O) groups is 1. The quantitative estimate of drug-likeness (QED) is 0.550. The van der Waals surface area contributed by atoms with Gasteiger partial charge in [-0.3, -0.25) is 0 Å². The average Bonchev–Trinajstić information content (AvgIpc) is 3.27. The maximum absolute atomic E-state index is 12.4. The largest absolute Gasteiger partial charge is 0.494 e. The fourth-order valence-corrected chi connectivity index (χ4v) is 4.78. The summed E-state index contributed by atoms with van der Waals surface area (Å²) in [5.41, 5.74) is 3.28. The van der Waals surface area contributed by atoms with Crippen molar-refractivity contribution in [3.8, 4) is 5.88 Å². The summed E-state index contributed by atoms with van der Waals surface area (Å²) in [4.78, 5) is 18.2. The summed E-state index contributed by atoms with van der Waals surface area (Å²) in [7, 11) is 1.82. The molecule has 1 N–H and O–H groups in total. The van der Waals surface area contributed by atoms with Gasteiger partial charge in [0.25, 0.3) is 0 Å². The van der Waals surface area contributed by atoms with Crippen molar-refractivity contribution in [2.24, 2.45) is 12.0 Å². The van der Waals surface area contributed by atoms with Crippen molar-refractivity contribution >= 4 is 39.4 Å². The molecular weight excluding hydrogens is 348 g/mol. The van der Waals surface area contributed by atoms with Crippen LogP contribution in [0.4, 0.5) is 5.00 Å². The smallest absolute Gasteiger partial charge is 0.341 e. The van der Waals surface area contributed by atoms with E-state index in [1.807, 2.05) is 38.2 Å². The lowest BCUT2D eigenvalue weighted by Gasteiger charge is -2.03. The Kier molecular flexibility index (Phi) is 4.28. The number of aryl methyl sites for hydroxylation is 2. The predicted molar refractivity (Wildman–Crippen MR) is 104 cm³/mol. The van der Waals surface area contributed by atoms with E-state index in [9.17, 15) is 9.90 Å². The van der Waals surface area contributed by atoms with Crippen LogP contribution in [-0.2, 0) is 24.6 Å². The number of para-hydroxylation sites is 1. The van der Waals surface area contributed by atoms with Crippen LogP contribution in [0.25, 0.3) is 10.9 Å². The van der Waals surface area contributed by atoms with Crippen LogP contribution in [-0.4, -0.2) is 28.5 Å². The number of hydrogen-bond donors (Lipinski definition) is 1. The van der Waals surface area contributed by atoms with Gasteiger partial charge in [-0.15, -0.1) is 11.3 Å². The second-order valence-corrected chi connectivity index (χ2v) is 7.41. The molecule has 0 amide bonds. The van der Waals surface area contributed by atoms with Crippen molar-refractivity contribution in [1.29, 1.82) is 0 Å². The zero-order chi connectivity index (χ0) is 18.3. The van der Waals surface area contributed by atoms with Gasteiger partial charge in [-0.2, -0.15) is 0 Å². The van der Waals surface area contributed by atoms with Gasteiger partial charge >= 0.3 is 5.97 Å². The number of benzene rings is 1. The molecular formula is C20H20N2O3S. The normalized spacial score (nSPS) is 13.6. The molecule has 0 spiro atoms. The summed E-state index contributed by atoms with van der Waals surface area (Å²) >= 11 is 1.55. The minimum Gasteiger partial charge on any atom is -0.494 e. The molecule has 134 valence electrons. The molecule has 5 nitrogen and oxygen atoms in total. The molecule has 0 aliphatic heterocycles. The first-order chi connectivity index (χ1) is 12.6. The highest BCUT2D eigenvalue weighted by atomic mass is 32.1. The van der Waals surface area contributed by atoms with Crippen molar-refractivity contribution in [2.45, 2.75) is 26.2 Å². The summed E-state index contributed by atoms with van der Waals surface area (Å²) in [5.74, 6) is -0.141. The van der Waals surface area contributed by atoms with E-state index in [1.54, 1.807) is 22.1 Å². The standard InChI is InChI=1S/C20H20N2O3S/c1-3-25-20(24)17-13-8-6-10-16(13)26-18(17)21-11-14-12-7-4-5-9-15(12)22(2)19(14)23/h4-5,7,9,11,23H,3,6,8,10H2,1-2H3. The first kappa shape index (κ1) is 16.8. The van der Waals surface area contributed by atoms with Gasteiger partial charge < -0.3 is 14.4 Å². The van der Waals surface area contributed by atoms with Crippen molar-refractivity contribution < 1.29 is 14.6 Å². The first-order valence-corrected chi connectivity index (χ1v) is 9.55. The molecule has 1 aromatic carbocycles. The summed E-state index contributed by atoms with van der Waals surface area (Å²) in [5, 5.41) is 12.1. The second kappa shape index (κ2) is 6.61. The van der Waals surface area contributed by atoms with E-state index < -0.39 is 0 Å². The van der Waals surface area contributed by atoms with E-state index in [2.05, 4.69) is 4.99 Å². The molecule has 0 fully saturated rings. The minimum atomic E-state index is -0.304. The van der Waals surface area contributed by atoms with Crippen molar-refractivity contribution in [3.05, 3.63) is 45.8 Å². The second-order valence-electron chi connectivity index (χ2n) is 6.33. The third-order valence-electron chi connectivity index (χ3n) is 4.81. The molecule has 26 heavy (non-hydrogen) atoms. The van der Waals surface area contributed by atoms with Gasteiger partial charge in [0.15, 0.2) is 0 Å². The Bertz CT molecular complexity index is 1030. The lowest BCUT2D eigenvalue weighted by molar-refractivity contribution is 0.0527. The highest BCUT2D eigenvalue weighted by Crippen LogP contribution is 2.41. The number of ether oxygens (including phenoxy) is 1. The van der Waals surface area contributed by atoms with Crippen LogP contribution in [0.1, 0.15) is 39.7 Å². The number of carbonyl (C=O) groups excluding carboxylic acids is 1. The number of aromatic nitrogens is 1. The molecule has 2 heterocycles. The lowest BCUT2D eigenvalue weighted by Crippen LogP contribution is -2.06. The Morgan fingerprint density at radius 3 is 3.00 bits per heavy atom. The van der Waals surface area contributed by atoms with Gasteiger partial charge in [0, 0.05) is 23.5 Å². The van der Waals surface area contributed by atoms with E-state index in [4.69, 9.17) is 4.74 Å². The van der Waals surface area contributed by atoms with E-state index >= 15 is 0 Å². The number of aromatic hydroxyl groups is 1. The van der Waals surface area contributed by atoms with Crippen LogP contribution in [0.15, 0.2) is 29.3 Å². The minimum absolute atomic E-state index is 0.164. The Hall–Kier alpha value is -2.60. The zero-order valence-electron chi connectivity index (χ0n) is 14.8. The lowest BCUT2D eigenvalue weighted by atomic mass is 10.1. The van der Waals surface area contributed by atoms with Crippen LogP contribution in [0.2, 0.25) is 0 Å². The molecule has 0 atom stereocenters. The van der Waals surface area contributed by atoms with Crippen LogP contribution in [0.5, 0.6) is 5.88 Å². The van der Waals surface area contributed by atoms with Gasteiger partial charge in [-0.05, 0) is 37.8 Å². The van der Waals surface area contributed by atoms with Crippen molar-refractivity contribution in [2.75, 3.05) is 6.61 Å². The average molecular weight is 368 g/mol. The first-order valence-electron chi connectivity index (χ1n) is 8.74. The Morgan fingerprint density at radius 2 is 2.19 bits per heavy atom. The Balaban J connectivity index is 1.79. The monoisotopic (exact) mass is 368 g/mol. The number of hydrogen-bond acceptors (Lipinski definition) is 5. The summed E-state index contributed by atoms with van der Waals surface area (Å²) < 4.78 is 6.98. The molecule has 4 rings (SSSR count). The molecule has 1 aliphatic carbocycles. The van der Waals surface area contributed by atoms with Crippen molar-refractivity contribution in [1.82, 2.24) is 4.57 Å². The summed E-state index contributed by atoms with van der Waals surface area (Å²) in [6.07, 6.45) is 4.61. The molecule has 0 radical (unpaired) electrons. The van der Waals surface area contributed by atoms with Gasteiger partial charge in [0.2, 0.25) is 5.88 Å². The topological polar surface area (TPSA) is 63.8 Å². The van der Waals surface area contributed by atoms with E-state index in [1.165, 1.54) is 4.88 Å². The maximum Gasteiger partial charge on any atom is 0.341 e. The third-order valence-corrected chi connectivity index (χ3v) is 6.01. The summed E-state index contributed by atoms with van der Waals surface area (Å²) in [6, 6.07) is 7.78. The molecule has 0 saturated carbocycles. The number of rotatable bonds is 4. The number of fused-ring (bicyclic) bond motifs is 2. The number of thiophene rings is 1. The van der Waals surface area contributed by atoms with Crippen LogP contribution >= 0.6 is 11.3 Å². The Labute approximate surface area is 155 Å². The molecule has 2 aromatic heterocycles. The fraction of sp³-hybridized carbons (Fsp3) is 0.300. The van der Waals surface area contributed by atoms with Crippen LogP contribution in [0.3, 0.4) is 0 Å². The molecule has 0 unspecified atom stereocenters. The van der Waals surface area contributed by atoms with Gasteiger partial charge in [0.1, 0.15) is 5.00 Å². The molecule has 0 saturated heterocycles. The molecule has 0 bridgehead atoms. The van der Waals surface area contributed by atoms with Crippen LogP contribution < -0.4 is 0 Å². The SMILES string of the molecule is CCOC(=O)c1c(N=Cc2c(O)n(C)c3ccccc23)sc2c1CCC2. The van der Waals surface area contributed by atoms with Crippen molar-refractivity contribution in [3.63, 3.8) is 0 Å². The fourth-order valence-electron chi connectivity index (χ4n) is 3.55. The van der Waals surface area contributed by atoms with E-state index in [0.29, 0.717) is 22.7 Å². The number of esters is 1. The van der Waals surface area contributed by atoms with Crippen LogP contribution in [0, 0.1) is 0 Å². The van der Waals surface area contributed by atoms with E-state index in [-0.39, 0.29) is 11.8 Å². The number of aliphatic imine (C=N–C) groups is 1. The zero-order valence-corrected chi connectivity index (χ0v) is 15.6. The van der Waals surface area contributed by atoms with Gasteiger partial charge in [0.05, 0.1) is 23.3 Å².